The van der Waals surface area contributed by atoms with Crippen molar-refractivity contribution in [1.29, 1.82) is 0 Å². The standard InChI is InChI=1S/C23H26BrClN2O2S/c1-16-13-17(24)14-20(28-2)23(16)29-11-4-8-26-9-10-27(22(25)15-26)19-5-3-6-21-18(19)7-12-30-21/h3,5-7,12-14,22H,4,8-11,15H2,1-2H3. The number of methoxy groups -OCH3 is 1. The molecule has 2 heterocycles. The van der Waals surface area contributed by atoms with Gasteiger partial charge in [0.05, 0.1) is 13.7 Å². The molecule has 1 aliphatic heterocycles. The number of ether oxygens (including phenoxy) is 2. The summed E-state index contributed by atoms with van der Waals surface area (Å²) in [5, 5.41) is 3.45. The van der Waals surface area contributed by atoms with Gasteiger partial charge < -0.3 is 14.4 Å². The molecule has 1 aliphatic rings. The van der Waals surface area contributed by atoms with Gasteiger partial charge in [-0.25, -0.2) is 0 Å². The molecule has 1 saturated heterocycles. The van der Waals surface area contributed by atoms with Gasteiger partial charge in [0.25, 0.3) is 0 Å². The van der Waals surface area contributed by atoms with E-state index in [1.165, 1.54) is 15.8 Å². The highest BCUT2D eigenvalue weighted by molar-refractivity contribution is 9.10. The molecule has 1 fully saturated rings. The Hall–Kier alpha value is -1.47. The van der Waals surface area contributed by atoms with Crippen molar-refractivity contribution in [1.82, 2.24) is 4.90 Å². The highest BCUT2D eigenvalue weighted by Gasteiger charge is 2.26. The second-order valence-electron chi connectivity index (χ2n) is 7.49. The summed E-state index contributed by atoms with van der Waals surface area (Å²) in [6, 6.07) is 12.7. The maximum atomic E-state index is 6.80. The van der Waals surface area contributed by atoms with E-state index in [-0.39, 0.29) is 5.50 Å². The van der Waals surface area contributed by atoms with Crippen LogP contribution in [0.4, 0.5) is 5.69 Å². The molecule has 2 aromatic carbocycles. The van der Waals surface area contributed by atoms with Crippen LogP contribution in [0.25, 0.3) is 10.1 Å². The highest BCUT2D eigenvalue weighted by atomic mass is 79.9. The highest BCUT2D eigenvalue weighted by Crippen LogP contribution is 2.35. The molecule has 3 aromatic rings. The summed E-state index contributed by atoms with van der Waals surface area (Å²) in [6.07, 6.45) is 0.947. The number of nitrogens with zero attached hydrogens (tertiary/aromatic N) is 2. The van der Waals surface area contributed by atoms with Crippen LogP contribution in [0, 0.1) is 6.92 Å². The number of piperazine rings is 1. The second-order valence-corrected chi connectivity index (χ2v) is 9.86. The predicted octanol–water partition coefficient (Wildman–Crippen LogP) is 6.14. The first-order valence-corrected chi connectivity index (χ1v) is 12.2. The van der Waals surface area contributed by atoms with Gasteiger partial charge in [0.1, 0.15) is 5.50 Å². The van der Waals surface area contributed by atoms with E-state index < -0.39 is 0 Å². The minimum absolute atomic E-state index is 0.0287. The number of thiophene rings is 1. The van der Waals surface area contributed by atoms with Crippen molar-refractivity contribution in [3.63, 3.8) is 0 Å². The van der Waals surface area contributed by atoms with Crippen LogP contribution in [0.3, 0.4) is 0 Å². The van der Waals surface area contributed by atoms with Gasteiger partial charge in [-0.1, -0.05) is 33.6 Å². The maximum Gasteiger partial charge on any atom is 0.164 e. The Morgan fingerprint density at radius 1 is 1.23 bits per heavy atom. The zero-order valence-corrected chi connectivity index (χ0v) is 20.4. The predicted molar refractivity (Wildman–Crippen MR) is 131 cm³/mol. The number of fused-ring (bicyclic) bond motifs is 1. The van der Waals surface area contributed by atoms with E-state index in [0.717, 1.165) is 54.1 Å². The fourth-order valence-corrected chi connectivity index (χ4v) is 5.75. The fourth-order valence-electron chi connectivity index (χ4n) is 3.99. The average Bonchev–Trinajstić information content (AvgIpc) is 3.21. The molecule has 4 nitrogen and oxygen atoms in total. The molecule has 1 unspecified atom stereocenters. The number of hydrogen-bond donors (Lipinski definition) is 0. The van der Waals surface area contributed by atoms with Crippen LogP contribution in [0.5, 0.6) is 11.5 Å². The Bertz CT molecular complexity index is 1010. The van der Waals surface area contributed by atoms with E-state index in [1.54, 1.807) is 18.4 Å². The summed E-state index contributed by atoms with van der Waals surface area (Å²) in [7, 11) is 1.67. The lowest BCUT2D eigenvalue weighted by atomic mass is 10.2. The quantitative estimate of drug-likeness (QED) is 0.217. The zero-order valence-electron chi connectivity index (χ0n) is 17.2. The van der Waals surface area contributed by atoms with E-state index >= 15 is 0 Å². The van der Waals surface area contributed by atoms with Gasteiger partial charge in [-0.05, 0) is 54.6 Å². The summed E-state index contributed by atoms with van der Waals surface area (Å²) < 4.78 is 13.8. The van der Waals surface area contributed by atoms with Crippen LogP contribution < -0.4 is 14.4 Å². The van der Waals surface area contributed by atoms with Gasteiger partial charge in [-0.15, -0.1) is 11.3 Å². The average molecular weight is 510 g/mol. The first-order chi connectivity index (χ1) is 14.6. The van der Waals surface area contributed by atoms with Gasteiger partial charge in [0.2, 0.25) is 0 Å². The SMILES string of the molecule is COc1cc(Br)cc(C)c1OCCCN1CCN(c2cccc3sccc23)C(Cl)C1. The number of halogens is 2. The topological polar surface area (TPSA) is 24.9 Å². The molecule has 4 rings (SSSR count). The van der Waals surface area contributed by atoms with E-state index in [9.17, 15) is 0 Å². The third-order valence-corrected chi connectivity index (χ3v) is 7.19. The van der Waals surface area contributed by atoms with Gasteiger partial charge in [-0.2, -0.15) is 0 Å². The van der Waals surface area contributed by atoms with Crippen molar-refractivity contribution in [2.75, 3.05) is 44.8 Å². The maximum absolute atomic E-state index is 6.80. The smallest absolute Gasteiger partial charge is 0.164 e. The van der Waals surface area contributed by atoms with E-state index in [2.05, 4.69) is 55.4 Å². The molecule has 7 heteroatoms. The lowest BCUT2D eigenvalue weighted by Gasteiger charge is -2.40. The fraction of sp³-hybridized carbons (Fsp3) is 0.391. The monoisotopic (exact) mass is 508 g/mol. The molecule has 0 saturated carbocycles. The van der Waals surface area contributed by atoms with E-state index in [4.69, 9.17) is 21.1 Å². The third kappa shape index (κ3) is 4.72. The molecule has 0 aliphatic carbocycles. The molecule has 160 valence electrons. The third-order valence-electron chi connectivity index (χ3n) is 5.48. The molecule has 1 aromatic heterocycles. The lowest BCUT2D eigenvalue weighted by molar-refractivity contribution is 0.214. The van der Waals surface area contributed by atoms with Crippen LogP contribution in [-0.4, -0.2) is 50.3 Å². The Kier molecular flexibility index (Phi) is 7.08. The summed E-state index contributed by atoms with van der Waals surface area (Å²) in [6.45, 7) is 6.45. The van der Waals surface area contributed by atoms with Crippen LogP contribution in [-0.2, 0) is 0 Å². The molecule has 0 N–H and O–H groups in total. The number of anilines is 1. The summed E-state index contributed by atoms with van der Waals surface area (Å²) in [5.41, 5.74) is 2.28. The minimum Gasteiger partial charge on any atom is -0.493 e. The first kappa shape index (κ1) is 21.8. The molecule has 30 heavy (non-hydrogen) atoms. The minimum atomic E-state index is -0.0287. The summed E-state index contributed by atoms with van der Waals surface area (Å²) >= 11 is 12.1. The Morgan fingerprint density at radius 2 is 2.10 bits per heavy atom. The first-order valence-electron chi connectivity index (χ1n) is 10.1. The normalized spacial score (nSPS) is 17.5. The summed E-state index contributed by atoms with van der Waals surface area (Å²) in [5.74, 6) is 1.59. The molecule has 0 bridgehead atoms. The Labute approximate surface area is 195 Å². The van der Waals surface area contributed by atoms with Crippen LogP contribution >= 0.6 is 38.9 Å². The molecule has 0 amide bonds. The molecule has 1 atom stereocenters. The van der Waals surface area contributed by atoms with Gasteiger partial charge in [-0.3, -0.25) is 4.90 Å². The number of benzene rings is 2. The Morgan fingerprint density at radius 3 is 2.90 bits per heavy atom. The molecule has 0 spiro atoms. The number of rotatable bonds is 7. The van der Waals surface area contributed by atoms with E-state index in [0.29, 0.717) is 6.61 Å². The summed E-state index contributed by atoms with van der Waals surface area (Å²) in [4.78, 5) is 4.76. The van der Waals surface area contributed by atoms with Gasteiger partial charge in [0.15, 0.2) is 11.5 Å². The van der Waals surface area contributed by atoms with Crippen LogP contribution in [0.2, 0.25) is 0 Å². The van der Waals surface area contributed by atoms with Crippen LogP contribution in [0.15, 0.2) is 46.3 Å². The number of hydrogen-bond acceptors (Lipinski definition) is 5. The van der Waals surface area contributed by atoms with Crippen LogP contribution in [0.1, 0.15) is 12.0 Å². The molecular formula is C23H26BrClN2O2S. The van der Waals surface area contributed by atoms with Crippen molar-refractivity contribution in [2.24, 2.45) is 0 Å². The second kappa shape index (κ2) is 9.77. The van der Waals surface area contributed by atoms with Gasteiger partial charge in [0, 0.05) is 46.4 Å². The van der Waals surface area contributed by atoms with Crippen molar-refractivity contribution in [3.05, 3.63) is 51.8 Å². The number of alkyl halides is 1. The van der Waals surface area contributed by atoms with E-state index in [1.807, 2.05) is 19.1 Å². The Balaban J connectivity index is 1.30. The van der Waals surface area contributed by atoms with Crippen molar-refractivity contribution >= 4 is 54.6 Å². The van der Waals surface area contributed by atoms with Crippen molar-refractivity contribution in [2.45, 2.75) is 18.8 Å². The lowest BCUT2D eigenvalue weighted by Crippen LogP contribution is -2.51. The molecular weight excluding hydrogens is 484 g/mol. The largest absolute Gasteiger partial charge is 0.493 e. The number of aryl methyl sites for hydroxylation is 1. The van der Waals surface area contributed by atoms with Crippen molar-refractivity contribution < 1.29 is 9.47 Å². The van der Waals surface area contributed by atoms with Gasteiger partial charge >= 0.3 is 0 Å². The van der Waals surface area contributed by atoms with Crippen molar-refractivity contribution in [3.8, 4) is 11.5 Å². The molecule has 0 radical (unpaired) electrons. The zero-order chi connectivity index (χ0) is 21.1.